The third kappa shape index (κ3) is 7.83. The Hall–Kier alpha value is -4.22. The molecule has 240 valence electrons. The van der Waals surface area contributed by atoms with Crippen molar-refractivity contribution in [2.24, 2.45) is 0 Å². The van der Waals surface area contributed by atoms with Crippen molar-refractivity contribution in [1.29, 1.82) is 0 Å². The summed E-state index contributed by atoms with van der Waals surface area (Å²) in [4.78, 5) is 57.4. The molecule has 12 nitrogen and oxygen atoms in total. The highest BCUT2D eigenvalue weighted by atomic mass is 16.6. The van der Waals surface area contributed by atoms with Crippen LogP contribution in [0.25, 0.3) is 0 Å². The number of ether oxygens (including phenoxy) is 3. The molecule has 0 aromatic carbocycles. The van der Waals surface area contributed by atoms with E-state index in [1.165, 1.54) is 4.90 Å². The Bertz CT molecular complexity index is 1410. The van der Waals surface area contributed by atoms with Crippen molar-refractivity contribution in [3.63, 3.8) is 0 Å². The van der Waals surface area contributed by atoms with Crippen LogP contribution >= 0.6 is 0 Å². The molecule has 2 aromatic heterocycles. The fraction of sp³-hybridized carbons (Fsp3) is 0.562. The zero-order valence-electron chi connectivity index (χ0n) is 27.2. The highest BCUT2D eigenvalue weighted by Crippen LogP contribution is 2.35. The topological polar surface area (TPSA) is 157 Å². The van der Waals surface area contributed by atoms with Gasteiger partial charge in [0, 0.05) is 17.4 Å². The molecule has 0 bridgehead atoms. The first-order valence-electron chi connectivity index (χ1n) is 14.8. The SMILES string of the molecule is CCC1c2nc(N(C(=O)O)C(C)(C)C)ccc2C(=O)OC1C.CC[C@H]1c2nc(NC(=O)OC(C)(C)C)ccc2C(=O)O[C@H]1C. The van der Waals surface area contributed by atoms with Crippen molar-refractivity contribution in [2.45, 2.75) is 117 Å². The molecule has 0 saturated heterocycles. The smallest absolute Gasteiger partial charge is 0.413 e. The summed E-state index contributed by atoms with van der Waals surface area (Å²) in [6, 6.07) is 6.37. The fourth-order valence-electron chi connectivity index (χ4n) is 5.30. The molecule has 2 unspecified atom stereocenters. The van der Waals surface area contributed by atoms with E-state index in [1.807, 2.05) is 27.7 Å². The molecule has 0 aliphatic carbocycles. The minimum atomic E-state index is -1.07. The summed E-state index contributed by atoms with van der Waals surface area (Å²) in [6.07, 6.45) is -0.570. The van der Waals surface area contributed by atoms with E-state index >= 15 is 0 Å². The first kappa shape index (κ1) is 34.3. The number of nitrogens with one attached hydrogen (secondary N) is 1. The second-order valence-electron chi connectivity index (χ2n) is 12.9. The van der Waals surface area contributed by atoms with Crippen LogP contribution in [0, 0.1) is 0 Å². The van der Waals surface area contributed by atoms with E-state index in [9.17, 15) is 24.3 Å². The quantitative estimate of drug-likeness (QED) is 0.275. The lowest BCUT2D eigenvalue weighted by atomic mass is 9.90. The summed E-state index contributed by atoms with van der Waals surface area (Å²) in [5, 5.41) is 12.1. The Morgan fingerprint density at radius 3 is 1.77 bits per heavy atom. The number of pyridine rings is 2. The van der Waals surface area contributed by atoms with Gasteiger partial charge in [-0.05, 0) is 92.5 Å². The van der Waals surface area contributed by atoms with Gasteiger partial charge in [-0.3, -0.25) is 10.2 Å². The van der Waals surface area contributed by atoms with E-state index in [2.05, 4.69) is 15.3 Å². The number of hydrogen-bond donors (Lipinski definition) is 2. The van der Waals surface area contributed by atoms with Gasteiger partial charge in [0.25, 0.3) is 0 Å². The van der Waals surface area contributed by atoms with Gasteiger partial charge >= 0.3 is 24.1 Å². The normalized spacial score (nSPS) is 21.0. The van der Waals surface area contributed by atoms with Crippen molar-refractivity contribution in [2.75, 3.05) is 10.2 Å². The van der Waals surface area contributed by atoms with Gasteiger partial charge in [-0.1, -0.05) is 13.8 Å². The Morgan fingerprint density at radius 2 is 1.34 bits per heavy atom. The summed E-state index contributed by atoms with van der Waals surface area (Å²) >= 11 is 0. The maximum absolute atomic E-state index is 12.0. The van der Waals surface area contributed by atoms with Crippen molar-refractivity contribution >= 4 is 35.8 Å². The largest absolute Gasteiger partial charge is 0.465 e. The van der Waals surface area contributed by atoms with Crippen LogP contribution in [-0.4, -0.2) is 62.5 Å². The number of aromatic nitrogens is 2. The molecular weight excluding hydrogens is 568 g/mol. The van der Waals surface area contributed by atoms with Crippen molar-refractivity contribution in [3.8, 4) is 0 Å². The molecule has 0 saturated carbocycles. The molecule has 0 radical (unpaired) electrons. The van der Waals surface area contributed by atoms with Crippen LogP contribution in [-0.2, 0) is 14.2 Å². The maximum atomic E-state index is 12.0. The van der Waals surface area contributed by atoms with Gasteiger partial charge in [0.1, 0.15) is 29.4 Å². The van der Waals surface area contributed by atoms with Crippen molar-refractivity contribution in [1.82, 2.24) is 9.97 Å². The second kappa shape index (κ2) is 13.2. The van der Waals surface area contributed by atoms with E-state index in [0.717, 1.165) is 12.8 Å². The average Bonchev–Trinajstić information content (AvgIpc) is 2.87. The number of fused-ring (bicyclic) bond motifs is 2. The summed E-state index contributed by atoms with van der Waals surface area (Å²) in [6.45, 7) is 18.5. The zero-order chi connectivity index (χ0) is 33.1. The number of esters is 2. The molecule has 4 heterocycles. The van der Waals surface area contributed by atoms with Crippen LogP contribution in [0.2, 0.25) is 0 Å². The average molecular weight is 613 g/mol. The summed E-state index contributed by atoms with van der Waals surface area (Å²) in [5.41, 5.74) is 0.963. The Morgan fingerprint density at radius 1 is 0.864 bits per heavy atom. The lowest BCUT2D eigenvalue weighted by Gasteiger charge is -2.34. The predicted molar refractivity (Wildman–Crippen MR) is 164 cm³/mol. The van der Waals surface area contributed by atoms with Crippen molar-refractivity contribution in [3.05, 3.63) is 46.8 Å². The molecule has 4 atom stereocenters. The van der Waals surface area contributed by atoms with Crippen LogP contribution in [0.1, 0.15) is 126 Å². The second-order valence-corrected chi connectivity index (χ2v) is 12.9. The number of rotatable bonds is 4. The Balaban J connectivity index is 0.000000240. The third-order valence-corrected chi connectivity index (χ3v) is 7.30. The summed E-state index contributed by atoms with van der Waals surface area (Å²) < 4.78 is 15.8. The number of cyclic esters (lactones) is 2. The number of carbonyl (C=O) groups is 4. The van der Waals surface area contributed by atoms with Gasteiger partial charge in [-0.2, -0.15) is 0 Å². The lowest BCUT2D eigenvalue weighted by Crippen LogP contribution is -2.46. The van der Waals surface area contributed by atoms with Crippen molar-refractivity contribution < 1.29 is 38.5 Å². The molecular formula is C32H44N4O8. The molecule has 12 heteroatoms. The molecule has 2 aliphatic heterocycles. The zero-order valence-corrected chi connectivity index (χ0v) is 27.2. The number of hydrogen-bond acceptors (Lipinski definition) is 9. The van der Waals surface area contributed by atoms with Gasteiger partial charge < -0.3 is 19.3 Å². The van der Waals surface area contributed by atoms with Gasteiger partial charge in [0.05, 0.1) is 22.5 Å². The first-order valence-corrected chi connectivity index (χ1v) is 14.8. The minimum absolute atomic E-state index is 0.0214. The standard InChI is InChI=1S/2C16H22N2O4/c1-6-10-9(2)21-14(19)11-7-8-12(17-13(10)11)18-15(20)22-16(3,4)5;1-6-10-9(2)22-14(19)11-7-8-12(17-13(10)11)18(15(20)21)16(3,4)5/h7-10H,6H2,1-5H3,(H,17,18,20);7-10H,6H2,1-5H3,(H,20,21)/t9-,10+;/m0./s1. The van der Waals surface area contributed by atoms with Crippen LogP contribution in [0.5, 0.6) is 0 Å². The molecule has 44 heavy (non-hydrogen) atoms. The first-order chi connectivity index (χ1) is 20.4. The highest BCUT2D eigenvalue weighted by molar-refractivity contribution is 5.94. The third-order valence-electron chi connectivity index (χ3n) is 7.30. The minimum Gasteiger partial charge on any atom is -0.465 e. The number of amides is 2. The van der Waals surface area contributed by atoms with E-state index in [4.69, 9.17) is 14.2 Å². The molecule has 2 N–H and O–H groups in total. The molecule has 4 rings (SSSR count). The maximum Gasteiger partial charge on any atom is 0.413 e. The fourth-order valence-corrected chi connectivity index (χ4v) is 5.30. The molecule has 0 spiro atoms. The number of carbonyl (C=O) groups excluding carboxylic acids is 3. The summed E-state index contributed by atoms with van der Waals surface area (Å²) in [7, 11) is 0. The number of anilines is 2. The van der Waals surface area contributed by atoms with Gasteiger partial charge in [0.2, 0.25) is 0 Å². The van der Waals surface area contributed by atoms with E-state index in [-0.39, 0.29) is 30.0 Å². The van der Waals surface area contributed by atoms with Gasteiger partial charge in [-0.15, -0.1) is 0 Å². The molecule has 0 fully saturated rings. The highest BCUT2D eigenvalue weighted by Gasteiger charge is 2.36. The molecule has 2 amide bonds. The van der Waals surface area contributed by atoms with E-state index in [0.29, 0.717) is 34.2 Å². The van der Waals surface area contributed by atoms with Crippen LogP contribution in [0.15, 0.2) is 24.3 Å². The van der Waals surface area contributed by atoms with Crippen LogP contribution in [0.4, 0.5) is 21.2 Å². The predicted octanol–water partition coefficient (Wildman–Crippen LogP) is 6.90. The molecule has 2 aromatic rings. The van der Waals surface area contributed by atoms with Gasteiger partial charge in [0.15, 0.2) is 0 Å². The van der Waals surface area contributed by atoms with E-state index in [1.54, 1.807) is 65.8 Å². The van der Waals surface area contributed by atoms with Gasteiger partial charge in [-0.25, -0.2) is 29.1 Å². The molecule has 2 aliphatic rings. The van der Waals surface area contributed by atoms with E-state index < -0.39 is 29.3 Å². The van der Waals surface area contributed by atoms with Crippen LogP contribution in [0.3, 0.4) is 0 Å². The van der Waals surface area contributed by atoms with Crippen LogP contribution < -0.4 is 10.2 Å². The summed E-state index contributed by atoms with van der Waals surface area (Å²) in [5.74, 6) is -0.0730. The number of nitrogens with zero attached hydrogens (tertiary/aromatic N) is 3. The lowest BCUT2D eigenvalue weighted by molar-refractivity contribution is 0.0205. The number of carboxylic acid groups (broad SMARTS) is 1. The Labute approximate surface area is 258 Å². The monoisotopic (exact) mass is 612 g/mol. The Kier molecular flexibility index (Phi) is 10.3.